The van der Waals surface area contributed by atoms with Crippen molar-refractivity contribution >= 4 is 11.7 Å². The van der Waals surface area contributed by atoms with Gasteiger partial charge in [0.05, 0.1) is 18.4 Å². The minimum atomic E-state index is 0.0625. The van der Waals surface area contributed by atoms with Crippen LogP contribution in [0.5, 0.6) is 17.2 Å². The quantitative estimate of drug-likeness (QED) is 0.559. The smallest absolute Gasteiger partial charge is 0.231 e. The third kappa shape index (κ3) is 4.30. The van der Waals surface area contributed by atoms with Crippen LogP contribution in [-0.2, 0) is 13.0 Å². The van der Waals surface area contributed by atoms with Crippen LogP contribution in [0.3, 0.4) is 0 Å². The number of piperazine rings is 1. The van der Waals surface area contributed by atoms with E-state index in [2.05, 4.69) is 26.9 Å². The van der Waals surface area contributed by atoms with Crippen LogP contribution < -0.4 is 19.1 Å². The fraction of sp³-hybridized carbons (Fsp3) is 0.370. The molecule has 1 fully saturated rings. The van der Waals surface area contributed by atoms with E-state index in [9.17, 15) is 4.79 Å². The van der Waals surface area contributed by atoms with Crippen LogP contribution in [0.4, 0.5) is 5.95 Å². The molecule has 0 N–H and O–H groups in total. The van der Waals surface area contributed by atoms with Gasteiger partial charge in [0.1, 0.15) is 5.75 Å². The van der Waals surface area contributed by atoms with Gasteiger partial charge < -0.3 is 19.1 Å². The number of rotatable bonds is 5. The van der Waals surface area contributed by atoms with Crippen molar-refractivity contribution in [1.29, 1.82) is 0 Å². The van der Waals surface area contributed by atoms with Crippen molar-refractivity contribution < 1.29 is 19.0 Å². The summed E-state index contributed by atoms with van der Waals surface area (Å²) in [5.41, 5.74) is 3.77. The lowest BCUT2D eigenvalue weighted by atomic mass is 9.82. The lowest BCUT2D eigenvalue weighted by Crippen LogP contribution is -2.46. The van der Waals surface area contributed by atoms with Gasteiger partial charge in [0.2, 0.25) is 12.7 Å². The van der Waals surface area contributed by atoms with E-state index >= 15 is 0 Å². The number of Topliss-reactive ketones (excluding diaryl/α,β-unsaturated/α-hetero) is 1. The third-order valence-corrected chi connectivity index (χ3v) is 7.10. The van der Waals surface area contributed by atoms with Crippen LogP contribution >= 0.6 is 0 Å². The van der Waals surface area contributed by atoms with Gasteiger partial charge >= 0.3 is 0 Å². The zero-order valence-corrected chi connectivity index (χ0v) is 19.8. The van der Waals surface area contributed by atoms with E-state index in [1.165, 1.54) is 5.56 Å². The molecule has 1 aliphatic carbocycles. The fourth-order valence-corrected chi connectivity index (χ4v) is 5.21. The van der Waals surface area contributed by atoms with Crippen LogP contribution in [0.25, 0.3) is 0 Å². The van der Waals surface area contributed by atoms with E-state index < -0.39 is 0 Å². The van der Waals surface area contributed by atoms with Gasteiger partial charge in [-0.1, -0.05) is 24.3 Å². The van der Waals surface area contributed by atoms with Crippen molar-refractivity contribution in [3.63, 3.8) is 0 Å². The zero-order valence-electron chi connectivity index (χ0n) is 19.8. The SMILES string of the molecule is COc1ccccc1[C@H]1CC(=O)c2cnc(N3CCN(Cc4ccc5c(c4)OCO5)CC3)nc2C1. The molecule has 2 aromatic carbocycles. The van der Waals surface area contributed by atoms with Crippen LogP contribution in [0.1, 0.15) is 39.5 Å². The number of methoxy groups -OCH3 is 1. The molecule has 180 valence electrons. The number of ether oxygens (including phenoxy) is 3. The summed E-state index contributed by atoms with van der Waals surface area (Å²) in [6.07, 6.45) is 2.88. The monoisotopic (exact) mass is 472 g/mol. The summed E-state index contributed by atoms with van der Waals surface area (Å²) in [5.74, 6) is 3.33. The molecule has 2 aliphatic heterocycles. The molecular weight excluding hydrogens is 444 g/mol. The van der Waals surface area contributed by atoms with Gasteiger partial charge in [-0.15, -0.1) is 0 Å². The lowest BCUT2D eigenvalue weighted by Gasteiger charge is -2.35. The van der Waals surface area contributed by atoms with E-state index in [0.717, 1.165) is 61.2 Å². The number of carbonyl (C=O) groups is 1. The van der Waals surface area contributed by atoms with Gasteiger partial charge in [-0.05, 0) is 35.7 Å². The van der Waals surface area contributed by atoms with E-state index in [1.54, 1.807) is 13.3 Å². The molecule has 3 aliphatic rings. The van der Waals surface area contributed by atoms with Crippen LogP contribution in [0, 0.1) is 0 Å². The number of hydrogen-bond acceptors (Lipinski definition) is 8. The second-order valence-electron chi connectivity index (χ2n) is 9.25. The summed E-state index contributed by atoms with van der Waals surface area (Å²) in [5, 5.41) is 0. The molecular formula is C27H28N4O4. The molecule has 0 radical (unpaired) electrons. The van der Waals surface area contributed by atoms with Crippen molar-refractivity contribution in [1.82, 2.24) is 14.9 Å². The van der Waals surface area contributed by atoms with E-state index in [4.69, 9.17) is 19.2 Å². The molecule has 0 saturated carbocycles. The molecule has 0 amide bonds. The summed E-state index contributed by atoms with van der Waals surface area (Å²) >= 11 is 0. The Bertz CT molecular complexity index is 1260. The standard InChI is InChI=1S/C27H28N4O4/c1-33-24-5-3-2-4-20(24)19-13-22-21(23(32)14-19)15-28-27(29-22)31-10-8-30(9-11-31)16-18-6-7-25-26(12-18)35-17-34-25/h2-7,12,15,19H,8-11,13-14,16-17H2,1H3/t19-/m1/s1. The molecule has 0 unspecified atom stereocenters. The molecule has 8 heteroatoms. The molecule has 1 aromatic heterocycles. The maximum atomic E-state index is 12.9. The average molecular weight is 473 g/mol. The van der Waals surface area contributed by atoms with Crippen molar-refractivity contribution in [2.24, 2.45) is 0 Å². The highest BCUT2D eigenvalue weighted by Gasteiger charge is 2.30. The number of nitrogens with zero attached hydrogens (tertiary/aromatic N) is 4. The molecule has 1 atom stereocenters. The number of hydrogen-bond donors (Lipinski definition) is 0. The second kappa shape index (κ2) is 9.19. The Morgan fingerprint density at radius 3 is 2.71 bits per heavy atom. The van der Waals surface area contributed by atoms with Crippen LogP contribution in [-0.4, -0.2) is 60.7 Å². The molecule has 3 aromatic rings. The number of anilines is 1. The van der Waals surface area contributed by atoms with Gasteiger partial charge in [-0.3, -0.25) is 9.69 Å². The van der Waals surface area contributed by atoms with Gasteiger partial charge in [-0.2, -0.15) is 0 Å². The molecule has 8 nitrogen and oxygen atoms in total. The average Bonchev–Trinajstić information content (AvgIpc) is 3.37. The number of para-hydroxylation sites is 1. The highest BCUT2D eigenvalue weighted by atomic mass is 16.7. The number of ketones is 1. The maximum absolute atomic E-state index is 12.9. The van der Waals surface area contributed by atoms with Gasteiger partial charge in [0, 0.05) is 51.3 Å². The largest absolute Gasteiger partial charge is 0.496 e. The summed E-state index contributed by atoms with van der Waals surface area (Å²) in [6, 6.07) is 14.1. The highest BCUT2D eigenvalue weighted by Crippen LogP contribution is 2.37. The number of aromatic nitrogens is 2. The Morgan fingerprint density at radius 1 is 1.03 bits per heavy atom. The molecule has 0 bridgehead atoms. The number of fused-ring (bicyclic) bond motifs is 2. The molecule has 0 spiro atoms. The van der Waals surface area contributed by atoms with E-state index in [-0.39, 0.29) is 11.7 Å². The Balaban J connectivity index is 1.13. The van der Waals surface area contributed by atoms with Crippen molar-refractivity contribution in [2.75, 3.05) is 45.0 Å². The van der Waals surface area contributed by atoms with Crippen LogP contribution in [0.15, 0.2) is 48.7 Å². The highest BCUT2D eigenvalue weighted by molar-refractivity contribution is 5.98. The maximum Gasteiger partial charge on any atom is 0.231 e. The van der Waals surface area contributed by atoms with Crippen molar-refractivity contribution in [3.05, 3.63) is 71.0 Å². The number of carbonyl (C=O) groups excluding carboxylic acids is 1. The van der Waals surface area contributed by atoms with E-state index in [1.807, 2.05) is 30.3 Å². The first-order valence-electron chi connectivity index (χ1n) is 12.1. The first kappa shape index (κ1) is 21.9. The van der Waals surface area contributed by atoms with Gasteiger partial charge in [0.25, 0.3) is 0 Å². The topological polar surface area (TPSA) is 77.0 Å². The summed E-state index contributed by atoms with van der Waals surface area (Å²) < 4.78 is 16.5. The Kier molecular flexibility index (Phi) is 5.74. The zero-order chi connectivity index (χ0) is 23.8. The van der Waals surface area contributed by atoms with Gasteiger partial charge in [0.15, 0.2) is 17.3 Å². The molecule has 6 rings (SSSR count). The summed E-state index contributed by atoms with van der Waals surface area (Å²) in [7, 11) is 1.67. The number of benzene rings is 2. The second-order valence-corrected chi connectivity index (χ2v) is 9.25. The summed E-state index contributed by atoms with van der Waals surface area (Å²) in [6.45, 7) is 4.67. The van der Waals surface area contributed by atoms with Crippen molar-refractivity contribution in [2.45, 2.75) is 25.3 Å². The molecule has 35 heavy (non-hydrogen) atoms. The first-order valence-corrected chi connectivity index (χ1v) is 12.1. The predicted octanol–water partition coefficient (Wildman–Crippen LogP) is 3.45. The minimum absolute atomic E-state index is 0.0625. The molecule has 1 saturated heterocycles. The van der Waals surface area contributed by atoms with E-state index in [0.29, 0.717) is 31.1 Å². The van der Waals surface area contributed by atoms with Gasteiger partial charge in [-0.25, -0.2) is 9.97 Å². The molecule has 3 heterocycles. The Hall–Kier alpha value is -3.65. The van der Waals surface area contributed by atoms with Crippen molar-refractivity contribution in [3.8, 4) is 17.2 Å². The third-order valence-electron chi connectivity index (χ3n) is 7.10. The summed E-state index contributed by atoms with van der Waals surface area (Å²) in [4.78, 5) is 27.0. The van der Waals surface area contributed by atoms with Crippen LogP contribution in [0.2, 0.25) is 0 Å². The minimum Gasteiger partial charge on any atom is -0.496 e. The fourth-order valence-electron chi connectivity index (χ4n) is 5.21. The Morgan fingerprint density at radius 2 is 1.86 bits per heavy atom. The predicted molar refractivity (Wildman–Crippen MR) is 130 cm³/mol. The first-order chi connectivity index (χ1) is 17.2. The Labute approximate surface area is 204 Å². The normalized spacial score (nSPS) is 19.5. The lowest BCUT2D eigenvalue weighted by molar-refractivity contribution is 0.0962.